The van der Waals surface area contributed by atoms with Crippen LogP contribution in [0.5, 0.6) is 0 Å². The number of hydrogen-bond acceptors (Lipinski definition) is 7. The third-order valence-electron chi connectivity index (χ3n) is 5.05. The van der Waals surface area contributed by atoms with Crippen LogP contribution < -0.4 is 5.32 Å². The summed E-state index contributed by atoms with van der Waals surface area (Å²) >= 11 is 0. The van der Waals surface area contributed by atoms with Crippen molar-refractivity contribution in [3.8, 4) is 11.4 Å². The molecule has 0 bridgehead atoms. The van der Waals surface area contributed by atoms with Crippen LogP contribution in [-0.4, -0.2) is 48.5 Å². The molecule has 160 valence electrons. The van der Waals surface area contributed by atoms with Crippen molar-refractivity contribution >= 4 is 17.7 Å². The largest absolute Gasteiger partial charge is 0.452 e. The van der Waals surface area contributed by atoms with E-state index < -0.39 is 18.5 Å². The molecule has 0 spiro atoms. The zero-order valence-electron chi connectivity index (χ0n) is 17.0. The molecule has 2 aromatic carbocycles. The Balaban J connectivity index is 1.29. The lowest BCUT2D eigenvalue weighted by Gasteiger charge is -2.10. The Bertz CT molecular complexity index is 1250. The Labute approximate surface area is 182 Å². The summed E-state index contributed by atoms with van der Waals surface area (Å²) in [6.07, 6.45) is 3.57. The van der Waals surface area contributed by atoms with E-state index in [0.29, 0.717) is 17.4 Å². The van der Waals surface area contributed by atoms with Gasteiger partial charge in [0.2, 0.25) is 0 Å². The van der Waals surface area contributed by atoms with Gasteiger partial charge in [-0.3, -0.25) is 4.79 Å². The first-order chi connectivity index (χ1) is 15.7. The smallest absolute Gasteiger partial charge is 0.340 e. The Morgan fingerprint density at radius 3 is 2.59 bits per heavy atom. The van der Waals surface area contributed by atoms with Gasteiger partial charge in [-0.25, -0.2) is 9.48 Å². The van der Waals surface area contributed by atoms with Gasteiger partial charge in [-0.05, 0) is 47.5 Å². The molecule has 1 amide bonds. The first kappa shape index (κ1) is 19.6. The third-order valence-corrected chi connectivity index (χ3v) is 5.05. The molecule has 2 heterocycles. The van der Waals surface area contributed by atoms with Gasteiger partial charge < -0.3 is 10.1 Å². The van der Waals surface area contributed by atoms with Crippen LogP contribution in [-0.2, 0) is 9.53 Å². The second-order valence-electron chi connectivity index (χ2n) is 7.37. The van der Waals surface area contributed by atoms with E-state index in [1.165, 1.54) is 11.0 Å². The number of esters is 1. The van der Waals surface area contributed by atoms with Gasteiger partial charge >= 0.3 is 5.97 Å². The van der Waals surface area contributed by atoms with E-state index in [1.54, 1.807) is 28.9 Å². The van der Waals surface area contributed by atoms with Crippen molar-refractivity contribution in [3.05, 3.63) is 78.2 Å². The molecule has 0 unspecified atom stereocenters. The number of hydrogen-bond donors (Lipinski definition) is 1. The van der Waals surface area contributed by atoms with Crippen LogP contribution in [0.1, 0.15) is 34.8 Å². The predicted molar refractivity (Wildman–Crippen MR) is 114 cm³/mol. The van der Waals surface area contributed by atoms with Crippen molar-refractivity contribution in [3.63, 3.8) is 0 Å². The van der Waals surface area contributed by atoms with Crippen LogP contribution in [0.15, 0.2) is 67.0 Å². The molecular formula is C22H19N7O3. The molecule has 1 fully saturated rings. The Kier molecular flexibility index (Phi) is 5.16. The van der Waals surface area contributed by atoms with Gasteiger partial charge in [0.05, 0.1) is 22.6 Å². The van der Waals surface area contributed by atoms with E-state index in [9.17, 15) is 9.59 Å². The molecule has 10 nitrogen and oxygen atoms in total. The summed E-state index contributed by atoms with van der Waals surface area (Å²) in [5.74, 6) is -0.149. The Hall–Kier alpha value is -4.34. The summed E-state index contributed by atoms with van der Waals surface area (Å²) in [4.78, 5) is 25.2. The number of ether oxygens (including phenoxy) is 1. The number of anilines is 1. The lowest BCUT2D eigenvalue weighted by Crippen LogP contribution is -2.23. The quantitative estimate of drug-likeness (QED) is 0.449. The second kappa shape index (κ2) is 8.42. The molecule has 32 heavy (non-hydrogen) atoms. The minimum absolute atomic E-state index is 0.248. The number of rotatable bonds is 7. The van der Waals surface area contributed by atoms with E-state index in [0.717, 1.165) is 24.2 Å². The van der Waals surface area contributed by atoms with E-state index in [1.807, 2.05) is 36.4 Å². The molecular weight excluding hydrogens is 410 g/mol. The fraction of sp³-hybridized carbons (Fsp3) is 0.182. The van der Waals surface area contributed by atoms with Crippen molar-refractivity contribution in [1.82, 2.24) is 30.0 Å². The normalized spacial score (nSPS) is 13.0. The van der Waals surface area contributed by atoms with Gasteiger partial charge in [0.1, 0.15) is 12.1 Å². The molecule has 2 aromatic heterocycles. The third kappa shape index (κ3) is 4.10. The van der Waals surface area contributed by atoms with Gasteiger partial charge in [-0.1, -0.05) is 30.3 Å². The number of nitrogens with one attached hydrogen (secondary N) is 1. The maximum Gasteiger partial charge on any atom is 0.340 e. The van der Waals surface area contributed by atoms with E-state index >= 15 is 0 Å². The van der Waals surface area contributed by atoms with Gasteiger partial charge in [0, 0.05) is 12.0 Å². The SMILES string of the molecule is O=C(COC(=O)c1ccccc1-n1cnnn1)Nc1cc(C2CC2)nn1-c1ccccc1. The number of tetrazole rings is 1. The van der Waals surface area contributed by atoms with Gasteiger partial charge in [0.15, 0.2) is 6.61 Å². The number of aromatic nitrogens is 6. The van der Waals surface area contributed by atoms with Gasteiger partial charge in [0.25, 0.3) is 5.91 Å². The van der Waals surface area contributed by atoms with Crippen LogP contribution in [0.25, 0.3) is 11.4 Å². The summed E-state index contributed by atoms with van der Waals surface area (Å²) < 4.78 is 8.30. The topological polar surface area (TPSA) is 117 Å². The minimum Gasteiger partial charge on any atom is -0.452 e. The maximum absolute atomic E-state index is 12.6. The standard InChI is InChI=1S/C22H19N7O3/c30-21(13-32-22(31)17-8-4-5-9-19(17)28-14-23-26-27-28)24-20-12-18(15-10-11-15)25-29(20)16-6-2-1-3-7-16/h1-9,12,14-15H,10-11,13H2,(H,24,30). The maximum atomic E-state index is 12.6. The first-order valence-electron chi connectivity index (χ1n) is 10.1. The summed E-state index contributed by atoms with van der Waals surface area (Å²) in [6.45, 7) is -0.443. The number of para-hydroxylation sites is 2. The number of carbonyl (C=O) groups excluding carboxylic acids is 2. The average Bonchev–Trinajstić information content (AvgIpc) is 3.37. The molecule has 4 aromatic rings. The van der Waals surface area contributed by atoms with E-state index in [-0.39, 0.29) is 5.56 Å². The molecule has 10 heteroatoms. The van der Waals surface area contributed by atoms with Crippen LogP contribution in [0.3, 0.4) is 0 Å². The monoisotopic (exact) mass is 429 g/mol. The molecule has 1 N–H and O–H groups in total. The number of nitrogens with zero attached hydrogens (tertiary/aromatic N) is 6. The molecule has 5 rings (SSSR count). The summed E-state index contributed by atoms with van der Waals surface area (Å²) in [7, 11) is 0. The summed E-state index contributed by atoms with van der Waals surface area (Å²) in [5.41, 5.74) is 2.48. The summed E-state index contributed by atoms with van der Waals surface area (Å²) in [6, 6.07) is 18.1. The zero-order valence-corrected chi connectivity index (χ0v) is 17.0. The predicted octanol–water partition coefficient (Wildman–Crippen LogP) is 2.52. The summed E-state index contributed by atoms with van der Waals surface area (Å²) in [5, 5.41) is 18.4. The second-order valence-corrected chi connectivity index (χ2v) is 7.37. The number of benzene rings is 2. The van der Waals surface area contributed by atoms with Crippen LogP contribution in [0, 0.1) is 0 Å². The molecule has 0 saturated heterocycles. The molecule has 1 aliphatic rings. The molecule has 0 radical (unpaired) electrons. The first-order valence-corrected chi connectivity index (χ1v) is 10.1. The van der Waals surface area contributed by atoms with Crippen molar-refractivity contribution in [2.45, 2.75) is 18.8 Å². The van der Waals surface area contributed by atoms with E-state index in [4.69, 9.17) is 4.74 Å². The van der Waals surface area contributed by atoms with Crippen molar-refractivity contribution < 1.29 is 14.3 Å². The highest BCUT2D eigenvalue weighted by molar-refractivity contribution is 5.97. The molecule has 1 saturated carbocycles. The van der Waals surface area contributed by atoms with Crippen LogP contribution in [0.2, 0.25) is 0 Å². The fourth-order valence-corrected chi connectivity index (χ4v) is 3.34. The Morgan fingerprint density at radius 2 is 1.84 bits per heavy atom. The molecule has 0 aliphatic heterocycles. The molecule has 0 atom stereocenters. The lowest BCUT2D eigenvalue weighted by atomic mass is 10.2. The average molecular weight is 429 g/mol. The fourth-order valence-electron chi connectivity index (χ4n) is 3.34. The zero-order chi connectivity index (χ0) is 21.9. The van der Waals surface area contributed by atoms with Crippen LogP contribution >= 0.6 is 0 Å². The lowest BCUT2D eigenvalue weighted by molar-refractivity contribution is -0.119. The van der Waals surface area contributed by atoms with Crippen molar-refractivity contribution in [1.29, 1.82) is 0 Å². The van der Waals surface area contributed by atoms with Gasteiger partial charge in [-0.2, -0.15) is 9.78 Å². The van der Waals surface area contributed by atoms with Crippen LogP contribution in [0.4, 0.5) is 5.82 Å². The minimum atomic E-state index is -0.651. The van der Waals surface area contributed by atoms with E-state index in [2.05, 4.69) is 25.9 Å². The highest BCUT2D eigenvalue weighted by Crippen LogP contribution is 2.40. The van der Waals surface area contributed by atoms with Crippen molar-refractivity contribution in [2.24, 2.45) is 0 Å². The Morgan fingerprint density at radius 1 is 1.06 bits per heavy atom. The number of carbonyl (C=O) groups is 2. The van der Waals surface area contributed by atoms with Crippen molar-refractivity contribution in [2.75, 3.05) is 11.9 Å². The highest BCUT2D eigenvalue weighted by atomic mass is 16.5. The highest BCUT2D eigenvalue weighted by Gasteiger charge is 2.28. The number of amides is 1. The molecule has 1 aliphatic carbocycles. The van der Waals surface area contributed by atoms with Gasteiger partial charge in [-0.15, -0.1) is 5.10 Å².